The minimum atomic E-state index is -0.294. The number of likely N-dealkylation sites (N-methyl/N-ethyl adjacent to an activating group) is 1. The lowest BCUT2D eigenvalue weighted by Gasteiger charge is -2.36. The molecule has 0 bridgehead atoms. The van der Waals surface area contributed by atoms with Crippen molar-refractivity contribution in [2.24, 2.45) is 0 Å². The Kier molecular flexibility index (Phi) is 3.86. The van der Waals surface area contributed by atoms with Crippen molar-refractivity contribution in [1.82, 2.24) is 9.97 Å². The number of nitrogens with one attached hydrogen (secondary N) is 1. The van der Waals surface area contributed by atoms with Gasteiger partial charge in [-0.05, 0) is 12.8 Å². The van der Waals surface area contributed by atoms with Gasteiger partial charge in [-0.3, -0.25) is 0 Å². The summed E-state index contributed by atoms with van der Waals surface area (Å²) in [6.07, 6.45) is 3.79. The molecule has 6 heteroatoms. The Labute approximate surface area is 107 Å². The number of aromatic nitrogens is 2. The van der Waals surface area contributed by atoms with Crippen molar-refractivity contribution >= 4 is 17.6 Å². The molecule has 0 spiro atoms. The highest BCUT2D eigenvalue weighted by Gasteiger charge is 2.27. The minimum Gasteiger partial charge on any atom is -0.391 e. The van der Waals surface area contributed by atoms with E-state index >= 15 is 0 Å². The van der Waals surface area contributed by atoms with Gasteiger partial charge in [0.1, 0.15) is 11.6 Å². The summed E-state index contributed by atoms with van der Waals surface area (Å²) in [5.41, 5.74) is 5.69. The highest BCUT2D eigenvalue weighted by Crippen LogP contribution is 2.26. The number of aliphatic hydroxyl groups is 1. The van der Waals surface area contributed by atoms with Gasteiger partial charge in [0.15, 0.2) is 0 Å². The molecule has 0 aromatic carbocycles. The number of anilines is 3. The third-order valence-corrected chi connectivity index (χ3v) is 3.54. The maximum atomic E-state index is 10.1. The smallest absolute Gasteiger partial charge is 0.223 e. The summed E-state index contributed by atoms with van der Waals surface area (Å²) in [5, 5.41) is 13.0. The Balaban J connectivity index is 2.21. The lowest BCUT2D eigenvalue weighted by Crippen LogP contribution is -2.43. The number of nitrogens with zero attached hydrogens (tertiary/aromatic N) is 3. The largest absolute Gasteiger partial charge is 0.391 e. The van der Waals surface area contributed by atoms with E-state index in [1.807, 2.05) is 18.0 Å². The fourth-order valence-electron chi connectivity index (χ4n) is 2.47. The lowest BCUT2D eigenvalue weighted by atomic mass is 9.91. The standard InChI is InChI=1S/C12H21N5O/c1-14-10-7-11(16-12(13)15-10)17(2)8-5-3-4-6-9(8)18/h7-9,18H,3-6H2,1-2H3,(H3,13,14,15,16). The quantitative estimate of drug-likeness (QED) is 0.738. The van der Waals surface area contributed by atoms with Gasteiger partial charge < -0.3 is 21.1 Å². The van der Waals surface area contributed by atoms with Gasteiger partial charge in [-0.1, -0.05) is 12.8 Å². The average molecular weight is 251 g/mol. The Morgan fingerprint density at radius 3 is 2.78 bits per heavy atom. The Morgan fingerprint density at radius 1 is 1.39 bits per heavy atom. The van der Waals surface area contributed by atoms with Crippen molar-refractivity contribution in [3.63, 3.8) is 0 Å². The summed E-state index contributed by atoms with van der Waals surface area (Å²) in [5.74, 6) is 1.68. The third kappa shape index (κ3) is 2.64. The van der Waals surface area contributed by atoms with E-state index in [-0.39, 0.29) is 18.1 Å². The van der Waals surface area contributed by atoms with Crippen LogP contribution in [0.3, 0.4) is 0 Å². The monoisotopic (exact) mass is 251 g/mol. The second kappa shape index (κ2) is 5.39. The molecule has 100 valence electrons. The predicted molar refractivity (Wildman–Crippen MR) is 72.7 cm³/mol. The van der Waals surface area contributed by atoms with E-state index in [1.54, 1.807) is 7.05 Å². The highest BCUT2D eigenvalue weighted by molar-refractivity contribution is 5.52. The molecule has 6 nitrogen and oxygen atoms in total. The Bertz CT molecular complexity index is 411. The maximum absolute atomic E-state index is 10.1. The van der Waals surface area contributed by atoms with Gasteiger partial charge in [-0.2, -0.15) is 9.97 Å². The van der Waals surface area contributed by atoms with E-state index in [9.17, 15) is 5.11 Å². The van der Waals surface area contributed by atoms with E-state index in [0.29, 0.717) is 5.82 Å². The van der Waals surface area contributed by atoms with Gasteiger partial charge in [0.25, 0.3) is 0 Å². The van der Waals surface area contributed by atoms with Crippen LogP contribution in [0.25, 0.3) is 0 Å². The van der Waals surface area contributed by atoms with Crippen molar-refractivity contribution in [1.29, 1.82) is 0 Å². The van der Waals surface area contributed by atoms with Crippen molar-refractivity contribution in [3.8, 4) is 0 Å². The van der Waals surface area contributed by atoms with Crippen LogP contribution in [0.1, 0.15) is 25.7 Å². The van der Waals surface area contributed by atoms with Crippen LogP contribution in [-0.2, 0) is 0 Å². The Hall–Kier alpha value is -1.56. The van der Waals surface area contributed by atoms with Crippen LogP contribution < -0.4 is 16.0 Å². The first-order valence-corrected chi connectivity index (χ1v) is 6.35. The fourth-order valence-corrected chi connectivity index (χ4v) is 2.47. The number of hydrogen-bond donors (Lipinski definition) is 3. The molecule has 1 aliphatic rings. The van der Waals surface area contributed by atoms with Crippen LogP contribution in [0.5, 0.6) is 0 Å². The van der Waals surface area contributed by atoms with Crippen LogP contribution in [0.4, 0.5) is 17.6 Å². The van der Waals surface area contributed by atoms with Gasteiger partial charge in [0.2, 0.25) is 5.95 Å². The first-order chi connectivity index (χ1) is 8.61. The third-order valence-electron chi connectivity index (χ3n) is 3.54. The molecule has 0 amide bonds. The van der Waals surface area contributed by atoms with Crippen molar-refractivity contribution in [2.75, 3.05) is 30.0 Å². The number of hydrogen-bond acceptors (Lipinski definition) is 6. The van der Waals surface area contributed by atoms with Gasteiger partial charge in [-0.15, -0.1) is 0 Å². The van der Waals surface area contributed by atoms with Gasteiger partial charge in [-0.25, -0.2) is 0 Å². The molecule has 1 aromatic rings. The molecular weight excluding hydrogens is 230 g/mol. The second-order valence-electron chi connectivity index (χ2n) is 4.75. The van der Waals surface area contributed by atoms with Gasteiger partial charge >= 0.3 is 0 Å². The van der Waals surface area contributed by atoms with Gasteiger partial charge in [0.05, 0.1) is 12.1 Å². The predicted octanol–water partition coefficient (Wildman–Crippen LogP) is 0.840. The average Bonchev–Trinajstić information content (AvgIpc) is 2.37. The summed E-state index contributed by atoms with van der Waals surface area (Å²) in [6, 6.07) is 1.95. The van der Waals surface area contributed by atoms with Crippen LogP contribution in [-0.4, -0.2) is 41.3 Å². The van der Waals surface area contributed by atoms with Crippen molar-refractivity contribution in [3.05, 3.63) is 6.07 Å². The zero-order valence-corrected chi connectivity index (χ0v) is 10.9. The summed E-state index contributed by atoms with van der Waals surface area (Å²) >= 11 is 0. The van der Waals surface area contributed by atoms with Crippen LogP contribution >= 0.6 is 0 Å². The number of nitrogen functional groups attached to an aromatic ring is 1. The van der Waals surface area contributed by atoms with Crippen molar-refractivity contribution < 1.29 is 5.11 Å². The number of aliphatic hydroxyl groups excluding tert-OH is 1. The molecule has 0 saturated heterocycles. The molecule has 0 aliphatic heterocycles. The lowest BCUT2D eigenvalue weighted by molar-refractivity contribution is 0.106. The number of rotatable bonds is 3. The molecule has 1 heterocycles. The molecule has 4 N–H and O–H groups in total. The molecule has 2 rings (SSSR count). The SMILES string of the molecule is CNc1cc(N(C)C2CCCCC2O)nc(N)n1. The molecule has 18 heavy (non-hydrogen) atoms. The first-order valence-electron chi connectivity index (χ1n) is 6.35. The summed E-state index contributed by atoms with van der Waals surface area (Å²) in [4.78, 5) is 10.3. The molecule has 2 atom stereocenters. The second-order valence-corrected chi connectivity index (χ2v) is 4.75. The van der Waals surface area contributed by atoms with Crippen LogP contribution in [0, 0.1) is 0 Å². The fraction of sp³-hybridized carbons (Fsp3) is 0.667. The van der Waals surface area contributed by atoms with E-state index in [2.05, 4.69) is 15.3 Å². The maximum Gasteiger partial charge on any atom is 0.223 e. The first kappa shape index (κ1) is 12.9. The van der Waals surface area contributed by atoms with Crippen LogP contribution in [0.2, 0.25) is 0 Å². The van der Waals surface area contributed by atoms with E-state index in [1.165, 1.54) is 0 Å². The molecule has 1 aromatic heterocycles. The van der Waals surface area contributed by atoms with Crippen molar-refractivity contribution in [2.45, 2.75) is 37.8 Å². The summed E-state index contributed by atoms with van der Waals surface area (Å²) < 4.78 is 0. The molecule has 0 radical (unpaired) electrons. The minimum absolute atomic E-state index is 0.109. The molecule has 2 unspecified atom stereocenters. The zero-order valence-electron chi connectivity index (χ0n) is 10.9. The summed E-state index contributed by atoms with van der Waals surface area (Å²) in [7, 11) is 3.74. The summed E-state index contributed by atoms with van der Waals surface area (Å²) in [6.45, 7) is 0. The van der Waals surface area contributed by atoms with Crippen LogP contribution in [0.15, 0.2) is 6.07 Å². The van der Waals surface area contributed by atoms with E-state index in [4.69, 9.17) is 5.73 Å². The van der Waals surface area contributed by atoms with E-state index in [0.717, 1.165) is 31.5 Å². The Morgan fingerprint density at radius 2 is 2.11 bits per heavy atom. The van der Waals surface area contributed by atoms with E-state index < -0.39 is 0 Å². The zero-order chi connectivity index (χ0) is 13.1. The molecule has 1 aliphatic carbocycles. The van der Waals surface area contributed by atoms with Gasteiger partial charge in [0, 0.05) is 20.2 Å². The number of nitrogens with two attached hydrogens (primary N) is 1. The molecular formula is C12H21N5O. The normalized spacial score (nSPS) is 23.7. The topological polar surface area (TPSA) is 87.3 Å². The highest BCUT2D eigenvalue weighted by atomic mass is 16.3. The molecule has 1 saturated carbocycles. The molecule has 1 fully saturated rings.